The molecule has 0 aliphatic carbocycles. The highest BCUT2D eigenvalue weighted by Gasteiger charge is 2.08. The maximum absolute atomic E-state index is 5.90. The van der Waals surface area contributed by atoms with Gasteiger partial charge in [-0.25, -0.2) is 0 Å². The molecule has 0 bridgehead atoms. The van der Waals surface area contributed by atoms with Gasteiger partial charge in [-0.15, -0.1) is 0 Å². The second-order valence-corrected chi connectivity index (χ2v) is 3.81. The first-order valence-electron chi connectivity index (χ1n) is 5.08. The SMILES string of the molecule is COCC(C)n1ccc2c(N)cccc21. The minimum atomic E-state index is 0.328. The van der Waals surface area contributed by atoms with Crippen LogP contribution in [0, 0.1) is 0 Å². The Bertz CT molecular complexity index is 462. The van der Waals surface area contributed by atoms with Crippen molar-refractivity contribution in [2.45, 2.75) is 13.0 Å². The second-order valence-electron chi connectivity index (χ2n) is 3.81. The molecule has 1 aromatic heterocycles. The van der Waals surface area contributed by atoms with Crippen molar-refractivity contribution >= 4 is 16.6 Å². The minimum Gasteiger partial charge on any atom is -0.398 e. The molecule has 15 heavy (non-hydrogen) atoms. The van der Waals surface area contributed by atoms with Gasteiger partial charge in [0.05, 0.1) is 18.2 Å². The number of ether oxygens (including phenoxy) is 1. The van der Waals surface area contributed by atoms with Crippen molar-refractivity contribution in [3.8, 4) is 0 Å². The monoisotopic (exact) mass is 204 g/mol. The number of methoxy groups -OCH3 is 1. The number of rotatable bonds is 3. The molecular formula is C12H16N2O. The summed E-state index contributed by atoms with van der Waals surface area (Å²) in [5.41, 5.74) is 7.89. The number of nitrogen functional groups attached to an aromatic ring is 1. The van der Waals surface area contributed by atoms with E-state index >= 15 is 0 Å². The molecule has 1 heterocycles. The standard InChI is InChI=1S/C12H16N2O/c1-9(8-15-2)14-7-6-10-11(13)4-3-5-12(10)14/h3-7,9H,8,13H2,1-2H3. The van der Waals surface area contributed by atoms with Crippen LogP contribution in [0.5, 0.6) is 0 Å². The maximum atomic E-state index is 5.90. The van der Waals surface area contributed by atoms with Crippen LogP contribution in [0.15, 0.2) is 30.5 Å². The zero-order valence-corrected chi connectivity index (χ0v) is 9.10. The summed E-state index contributed by atoms with van der Waals surface area (Å²) < 4.78 is 7.34. The summed E-state index contributed by atoms with van der Waals surface area (Å²) >= 11 is 0. The Hall–Kier alpha value is -1.48. The van der Waals surface area contributed by atoms with E-state index in [1.165, 1.54) is 5.52 Å². The molecule has 3 nitrogen and oxygen atoms in total. The summed E-state index contributed by atoms with van der Waals surface area (Å²) in [5.74, 6) is 0. The lowest BCUT2D eigenvalue weighted by molar-refractivity contribution is 0.164. The van der Waals surface area contributed by atoms with Crippen LogP contribution in [0.1, 0.15) is 13.0 Å². The third kappa shape index (κ3) is 1.70. The molecular weight excluding hydrogens is 188 g/mol. The molecule has 0 saturated carbocycles. The number of nitrogens with two attached hydrogens (primary N) is 1. The van der Waals surface area contributed by atoms with Crippen molar-refractivity contribution in [1.82, 2.24) is 4.57 Å². The fourth-order valence-corrected chi connectivity index (χ4v) is 1.92. The lowest BCUT2D eigenvalue weighted by atomic mass is 10.2. The number of fused-ring (bicyclic) bond motifs is 1. The first-order valence-corrected chi connectivity index (χ1v) is 5.08. The molecule has 0 amide bonds. The third-order valence-corrected chi connectivity index (χ3v) is 2.68. The van der Waals surface area contributed by atoms with E-state index in [-0.39, 0.29) is 0 Å². The van der Waals surface area contributed by atoms with Crippen LogP contribution in [0.2, 0.25) is 0 Å². The molecule has 1 unspecified atom stereocenters. The fraction of sp³-hybridized carbons (Fsp3) is 0.333. The van der Waals surface area contributed by atoms with Gasteiger partial charge in [-0.3, -0.25) is 0 Å². The van der Waals surface area contributed by atoms with Crippen molar-refractivity contribution in [3.63, 3.8) is 0 Å². The van der Waals surface area contributed by atoms with Gasteiger partial charge in [-0.1, -0.05) is 6.07 Å². The first-order chi connectivity index (χ1) is 7.24. The van der Waals surface area contributed by atoms with Crippen molar-refractivity contribution in [3.05, 3.63) is 30.5 Å². The van der Waals surface area contributed by atoms with Crippen molar-refractivity contribution in [2.75, 3.05) is 19.5 Å². The zero-order valence-electron chi connectivity index (χ0n) is 9.10. The van der Waals surface area contributed by atoms with Crippen LogP contribution >= 0.6 is 0 Å². The van der Waals surface area contributed by atoms with E-state index in [9.17, 15) is 0 Å². The smallest absolute Gasteiger partial charge is 0.0667 e. The Morgan fingerprint density at radius 1 is 1.40 bits per heavy atom. The average molecular weight is 204 g/mol. The summed E-state index contributed by atoms with van der Waals surface area (Å²) in [6, 6.07) is 8.37. The molecule has 3 heteroatoms. The fourth-order valence-electron chi connectivity index (χ4n) is 1.92. The van der Waals surface area contributed by atoms with Gasteiger partial charge < -0.3 is 15.0 Å². The lowest BCUT2D eigenvalue weighted by Crippen LogP contribution is -2.09. The molecule has 0 aliphatic rings. The molecule has 0 aliphatic heterocycles. The largest absolute Gasteiger partial charge is 0.398 e. The Morgan fingerprint density at radius 2 is 2.20 bits per heavy atom. The highest BCUT2D eigenvalue weighted by molar-refractivity contribution is 5.91. The van der Waals surface area contributed by atoms with Gasteiger partial charge in [0, 0.05) is 24.4 Å². The van der Waals surface area contributed by atoms with Crippen LogP contribution in [0.3, 0.4) is 0 Å². The highest BCUT2D eigenvalue weighted by atomic mass is 16.5. The van der Waals surface area contributed by atoms with Gasteiger partial charge in [0.15, 0.2) is 0 Å². The Morgan fingerprint density at radius 3 is 2.93 bits per heavy atom. The summed E-state index contributed by atoms with van der Waals surface area (Å²) in [5, 5.41) is 1.11. The molecule has 0 radical (unpaired) electrons. The Balaban J connectivity index is 2.49. The topological polar surface area (TPSA) is 40.2 Å². The summed E-state index contributed by atoms with van der Waals surface area (Å²) in [6.07, 6.45) is 2.06. The summed E-state index contributed by atoms with van der Waals surface area (Å²) in [6.45, 7) is 2.84. The van der Waals surface area contributed by atoms with Crippen LogP contribution in [0.25, 0.3) is 10.9 Å². The van der Waals surface area contributed by atoms with E-state index in [2.05, 4.69) is 29.8 Å². The second kappa shape index (κ2) is 3.95. The average Bonchev–Trinajstić information content (AvgIpc) is 2.63. The molecule has 0 saturated heterocycles. The lowest BCUT2D eigenvalue weighted by Gasteiger charge is -2.14. The van der Waals surface area contributed by atoms with Gasteiger partial charge in [0.2, 0.25) is 0 Å². The van der Waals surface area contributed by atoms with Gasteiger partial charge in [0.1, 0.15) is 0 Å². The first kappa shape index (κ1) is 10.1. The number of aromatic nitrogens is 1. The summed E-state index contributed by atoms with van der Waals surface area (Å²) in [7, 11) is 1.72. The van der Waals surface area contributed by atoms with Crippen LogP contribution < -0.4 is 5.73 Å². The van der Waals surface area contributed by atoms with E-state index < -0.39 is 0 Å². The van der Waals surface area contributed by atoms with Crippen molar-refractivity contribution in [2.24, 2.45) is 0 Å². The van der Waals surface area contributed by atoms with Gasteiger partial charge in [0.25, 0.3) is 0 Å². The molecule has 1 atom stereocenters. The quantitative estimate of drug-likeness (QED) is 0.780. The predicted octanol–water partition coefficient (Wildman–Crippen LogP) is 2.43. The number of anilines is 1. The Kier molecular flexibility index (Phi) is 2.64. The number of hydrogen-bond donors (Lipinski definition) is 1. The number of nitrogens with zero attached hydrogens (tertiary/aromatic N) is 1. The maximum Gasteiger partial charge on any atom is 0.0667 e. The molecule has 2 aromatic rings. The molecule has 80 valence electrons. The molecule has 2 N–H and O–H groups in total. The van der Waals surface area contributed by atoms with E-state index in [1.807, 2.05) is 12.1 Å². The molecule has 2 rings (SSSR count). The van der Waals surface area contributed by atoms with Crippen molar-refractivity contribution in [1.29, 1.82) is 0 Å². The summed E-state index contributed by atoms with van der Waals surface area (Å²) in [4.78, 5) is 0. The predicted molar refractivity (Wildman–Crippen MR) is 62.9 cm³/mol. The number of benzene rings is 1. The zero-order chi connectivity index (χ0) is 10.8. The number of hydrogen-bond acceptors (Lipinski definition) is 2. The van der Waals surface area contributed by atoms with Gasteiger partial charge >= 0.3 is 0 Å². The molecule has 0 spiro atoms. The highest BCUT2D eigenvalue weighted by Crippen LogP contribution is 2.24. The van der Waals surface area contributed by atoms with E-state index in [0.717, 1.165) is 11.1 Å². The van der Waals surface area contributed by atoms with E-state index in [4.69, 9.17) is 10.5 Å². The van der Waals surface area contributed by atoms with E-state index in [0.29, 0.717) is 12.6 Å². The van der Waals surface area contributed by atoms with Gasteiger partial charge in [-0.05, 0) is 25.1 Å². The van der Waals surface area contributed by atoms with E-state index in [1.54, 1.807) is 7.11 Å². The normalized spacial score (nSPS) is 13.2. The van der Waals surface area contributed by atoms with Crippen LogP contribution in [-0.4, -0.2) is 18.3 Å². The Labute approximate surface area is 89.4 Å². The molecule has 0 fully saturated rings. The van der Waals surface area contributed by atoms with Crippen molar-refractivity contribution < 1.29 is 4.74 Å². The minimum absolute atomic E-state index is 0.328. The molecule has 1 aromatic carbocycles. The third-order valence-electron chi connectivity index (χ3n) is 2.68. The van der Waals surface area contributed by atoms with Gasteiger partial charge in [-0.2, -0.15) is 0 Å². The van der Waals surface area contributed by atoms with Crippen LogP contribution in [0.4, 0.5) is 5.69 Å². The van der Waals surface area contributed by atoms with Crippen LogP contribution in [-0.2, 0) is 4.74 Å².